The maximum atomic E-state index is 3.81. The summed E-state index contributed by atoms with van der Waals surface area (Å²) in [5.41, 5.74) is 6.90. The van der Waals surface area contributed by atoms with Crippen LogP contribution >= 0.6 is 0 Å². The molecule has 0 nitrogen and oxygen atoms in total. The van der Waals surface area contributed by atoms with Crippen LogP contribution in [0, 0.1) is 0 Å². The minimum Gasteiger partial charge on any atom is -0.116 e. The molecule has 0 aliphatic heterocycles. The maximum absolute atomic E-state index is 3.81. The Morgan fingerprint density at radius 3 is 2.17 bits per heavy atom. The molecule has 0 aliphatic rings. The van der Waals surface area contributed by atoms with Gasteiger partial charge in [0.05, 0.1) is 0 Å². The van der Waals surface area contributed by atoms with Crippen LogP contribution in [0.4, 0.5) is 0 Å². The first kappa shape index (κ1) is 12.2. The van der Waals surface area contributed by atoms with Gasteiger partial charge in [-0.3, -0.25) is 0 Å². The second-order valence-electron chi connectivity index (χ2n) is 4.04. The van der Waals surface area contributed by atoms with E-state index in [9.17, 15) is 0 Å². The summed E-state index contributed by atoms with van der Waals surface area (Å²) < 4.78 is 0. The van der Waals surface area contributed by atoms with E-state index in [1.807, 2.05) is 48.6 Å². The minimum absolute atomic E-state index is 0.827. The molecular weight excluding hydrogens is 216 g/mol. The van der Waals surface area contributed by atoms with Crippen LogP contribution < -0.4 is 0 Å². The van der Waals surface area contributed by atoms with E-state index in [4.69, 9.17) is 0 Å². The van der Waals surface area contributed by atoms with Gasteiger partial charge in [-0.25, -0.2) is 0 Å². The van der Waals surface area contributed by atoms with Gasteiger partial charge in [0.25, 0.3) is 0 Å². The average Bonchev–Trinajstić information content (AvgIpc) is 2.45. The predicted molar refractivity (Wildman–Crippen MR) is 79.1 cm³/mol. The molecule has 0 saturated heterocycles. The molecule has 0 radical (unpaired) electrons. The summed E-state index contributed by atoms with van der Waals surface area (Å²) in [5, 5.41) is 0. The molecule has 18 heavy (non-hydrogen) atoms. The normalized spacial score (nSPS) is 9.33. The van der Waals surface area contributed by atoms with Gasteiger partial charge in [-0.05, 0) is 23.6 Å². The van der Waals surface area contributed by atoms with Gasteiger partial charge in [-0.2, -0.15) is 0 Å². The van der Waals surface area contributed by atoms with Gasteiger partial charge in [-0.15, -0.1) is 12.3 Å². The summed E-state index contributed by atoms with van der Waals surface area (Å²) in [7, 11) is 0. The minimum atomic E-state index is 0.827. The highest BCUT2D eigenvalue weighted by Crippen LogP contribution is 2.17. The monoisotopic (exact) mass is 232 g/mol. The molecule has 0 saturated carbocycles. The number of allylic oxidation sites excluding steroid dienone is 2. The molecule has 0 unspecified atom stereocenters. The molecule has 0 amide bonds. The van der Waals surface area contributed by atoms with Crippen molar-refractivity contribution in [2.75, 3.05) is 0 Å². The molecule has 0 heterocycles. The summed E-state index contributed by atoms with van der Waals surface area (Å²) in [5.74, 6) is 0. The van der Waals surface area contributed by atoms with E-state index < -0.39 is 0 Å². The molecular formula is C18H16. The maximum Gasteiger partial charge on any atom is 0.00498 e. The Balaban J connectivity index is 2.36. The Morgan fingerprint density at radius 2 is 1.56 bits per heavy atom. The second kappa shape index (κ2) is 6.44. The summed E-state index contributed by atoms with van der Waals surface area (Å²) in [6.07, 6.45) is 4.76. The van der Waals surface area contributed by atoms with E-state index >= 15 is 0 Å². The van der Waals surface area contributed by atoms with Crippen molar-refractivity contribution in [2.45, 2.75) is 6.42 Å². The molecule has 2 aromatic carbocycles. The van der Waals surface area contributed by atoms with Crippen molar-refractivity contribution in [1.29, 1.82) is 0 Å². The van der Waals surface area contributed by atoms with Crippen LogP contribution in [0.2, 0.25) is 0 Å². The first-order valence-electron chi connectivity index (χ1n) is 6.07. The van der Waals surface area contributed by atoms with Gasteiger partial charge in [0.2, 0.25) is 0 Å². The first-order chi connectivity index (χ1) is 8.90. The number of hydrogen-bond acceptors (Lipinski definition) is 0. The summed E-state index contributed by atoms with van der Waals surface area (Å²) in [6, 6.07) is 20.5. The lowest BCUT2D eigenvalue weighted by Gasteiger charge is -2.01. The fourth-order valence-corrected chi connectivity index (χ4v) is 1.76. The Morgan fingerprint density at radius 1 is 0.944 bits per heavy atom. The van der Waals surface area contributed by atoms with Gasteiger partial charge in [-0.1, -0.05) is 66.7 Å². The molecule has 0 bridgehead atoms. The van der Waals surface area contributed by atoms with Gasteiger partial charge < -0.3 is 0 Å². The summed E-state index contributed by atoms with van der Waals surface area (Å²) in [4.78, 5) is 0. The van der Waals surface area contributed by atoms with E-state index in [-0.39, 0.29) is 0 Å². The molecule has 0 aliphatic carbocycles. The lowest BCUT2D eigenvalue weighted by Crippen LogP contribution is -1.80. The van der Waals surface area contributed by atoms with Gasteiger partial charge in [0.15, 0.2) is 0 Å². The van der Waals surface area contributed by atoms with Crippen LogP contribution in [-0.2, 0) is 0 Å². The van der Waals surface area contributed by atoms with E-state index in [1.165, 1.54) is 5.56 Å². The molecule has 2 rings (SSSR count). The van der Waals surface area contributed by atoms with Crippen LogP contribution in [0.25, 0.3) is 11.6 Å². The first-order valence-corrected chi connectivity index (χ1v) is 6.07. The fourth-order valence-electron chi connectivity index (χ4n) is 1.76. The third kappa shape index (κ3) is 3.35. The van der Waals surface area contributed by atoms with Crippen molar-refractivity contribution in [3.05, 3.63) is 90.2 Å². The summed E-state index contributed by atoms with van der Waals surface area (Å²) in [6.45, 7) is 3.81. The number of hydrogen-bond donors (Lipinski definition) is 0. The number of rotatable bonds is 4. The highest BCUT2D eigenvalue weighted by atomic mass is 14.0. The quantitative estimate of drug-likeness (QED) is 0.516. The highest BCUT2D eigenvalue weighted by Gasteiger charge is 1.96. The molecule has 0 N–H and O–H groups in total. The number of benzene rings is 2. The lowest BCUT2D eigenvalue weighted by molar-refractivity contribution is 1.41. The van der Waals surface area contributed by atoms with Crippen LogP contribution in [0.3, 0.4) is 0 Å². The van der Waals surface area contributed by atoms with Crippen molar-refractivity contribution < 1.29 is 0 Å². The van der Waals surface area contributed by atoms with Gasteiger partial charge >= 0.3 is 0 Å². The topological polar surface area (TPSA) is 0 Å². The highest BCUT2D eigenvalue weighted by molar-refractivity contribution is 5.69. The van der Waals surface area contributed by atoms with E-state index in [2.05, 4.69) is 36.6 Å². The summed E-state index contributed by atoms with van der Waals surface area (Å²) >= 11 is 0. The lowest BCUT2D eigenvalue weighted by atomic mass is 10.0. The van der Waals surface area contributed by atoms with E-state index in [0.29, 0.717) is 0 Å². The van der Waals surface area contributed by atoms with Crippen LogP contribution in [0.1, 0.15) is 17.5 Å². The second-order valence-corrected chi connectivity index (χ2v) is 4.04. The Kier molecular flexibility index (Phi) is 4.35. The van der Waals surface area contributed by atoms with Crippen LogP contribution in [-0.4, -0.2) is 0 Å². The molecule has 2 aromatic rings. The van der Waals surface area contributed by atoms with Crippen molar-refractivity contribution in [2.24, 2.45) is 0 Å². The van der Waals surface area contributed by atoms with E-state index in [0.717, 1.165) is 17.6 Å². The standard InChI is InChI=1S/C18H16/c1-2-9-17(18-12-7-4-8-13-18)15-14-16-10-5-3-6-11-16/h2-8,10-14H,1,9H2. The van der Waals surface area contributed by atoms with Crippen molar-refractivity contribution in [1.82, 2.24) is 0 Å². The smallest absolute Gasteiger partial charge is 0.00498 e. The SMILES string of the molecule is C=CCC(=C=Cc1ccccc1)c1ccccc1. The van der Waals surface area contributed by atoms with Crippen LogP contribution in [0.15, 0.2) is 79.0 Å². The Bertz CT molecular complexity index is 556. The van der Waals surface area contributed by atoms with Crippen molar-refractivity contribution >= 4 is 11.6 Å². The third-order valence-electron chi connectivity index (χ3n) is 2.68. The van der Waals surface area contributed by atoms with Crippen molar-refractivity contribution in [3.8, 4) is 0 Å². The fraction of sp³-hybridized carbons (Fsp3) is 0.0556. The molecule has 0 spiro atoms. The zero-order chi connectivity index (χ0) is 12.6. The molecule has 0 fully saturated rings. The Hall–Kier alpha value is -2.30. The largest absolute Gasteiger partial charge is 0.116 e. The van der Waals surface area contributed by atoms with Crippen LogP contribution in [0.5, 0.6) is 0 Å². The zero-order valence-electron chi connectivity index (χ0n) is 10.3. The van der Waals surface area contributed by atoms with Gasteiger partial charge in [0.1, 0.15) is 0 Å². The third-order valence-corrected chi connectivity index (χ3v) is 2.68. The van der Waals surface area contributed by atoms with Gasteiger partial charge in [0, 0.05) is 5.57 Å². The molecule has 0 aromatic heterocycles. The molecule has 88 valence electrons. The van der Waals surface area contributed by atoms with Crippen molar-refractivity contribution in [3.63, 3.8) is 0 Å². The molecule has 0 heteroatoms. The predicted octanol–water partition coefficient (Wildman–Crippen LogP) is 4.96. The average molecular weight is 232 g/mol. The zero-order valence-corrected chi connectivity index (χ0v) is 10.3. The molecule has 0 atom stereocenters. The Labute approximate surface area is 109 Å². The van der Waals surface area contributed by atoms with E-state index in [1.54, 1.807) is 0 Å².